The van der Waals surface area contributed by atoms with Gasteiger partial charge in [0, 0.05) is 19.3 Å². The van der Waals surface area contributed by atoms with Gasteiger partial charge < -0.3 is 34.2 Å². The van der Waals surface area contributed by atoms with Gasteiger partial charge in [0.05, 0.1) is 26.4 Å². The monoisotopic (exact) mass is 1570 g/mol. The van der Waals surface area contributed by atoms with E-state index >= 15 is 0 Å². The quantitative estimate of drug-likeness (QED) is 0.0146. The number of hydrogen-bond acceptors (Lipinski definition) is 14. The van der Waals surface area contributed by atoms with Crippen molar-refractivity contribution in [1.82, 2.24) is 0 Å². The minimum atomic E-state index is -4.95. The zero-order chi connectivity index (χ0) is 79.4. The second-order valence-electron chi connectivity index (χ2n) is 28.2. The van der Waals surface area contributed by atoms with Gasteiger partial charge in [-0.05, 0) is 148 Å². The number of aliphatic hydroxyl groups excluding tert-OH is 2. The summed E-state index contributed by atoms with van der Waals surface area (Å²) in [6.07, 6.45) is 104. The molecule has 0 fully saturated rings. The number of ether oxygens (including phenoxy) is 3. The highest BCUT2D eigenvalue weighted by atomic mass is 31.2. The highest BCUT2D eigenvalue weighted by Gasteiger charge is 2.29. The Kier molecular flexibility index (Phi) is 79.0. The molecule has 0 rings (SSSR count). The van der Waals surface area contributed by atoms with Crippen LogP contribution in [0.25, 0.3) is 0 Å². The average molecular weight is 1570 g/mol. The van der Waals surface area contributed by atoms with Gasteiger partial charge >= 0.3 is 33.6 Å². The van der Waals surface area contributed by atoms with E-state index in [0.717, 1.165) is 154 Å². The molecule has 4 N–H and O–H groups in total. The minimum Gasteiger partial charge on any atom is -0.463 e. The molecule has 0 aromatic heterocycles. The molecule has 0 saturated carbocycles. The third-order valence-corrected chi connectivity index (χ3v) is 19.6. The maximum Gasteiger partial charge on any atom is 0.472 e. The van der Waals surface area contributed by atoms with E-state index in [2.05, 4.69) is 179 Å². The molecule has 109 heavy (non-hydrogen) atoms. The summed E-state index contributed by atoms with van der Waals surface area (Å²) < 4.78 is 61.3. The predicted molar refractivity (Wildman–Crippen MR) is 454 cm³/mol. The van der Waals surface area contributed by atoms with Gasteiger partial charge in [-0.1, -0.05) is 333 Å². The topological polar surface area (TPSA) is 231 Å². The van der Waals surface area contributed by atoms with Gasteiger partial charge in [0.15, 0.2) is 6.10 Å². The molecule has 18 heteroatoms. The molecular weight excluding hydrogens is 1410 g/mol. The zero-order valence-corrected chi connectivity index (χ0v) is 70.2. The lowest BCUT2D eigenvalue weighted by molar-refractivity contribution is -0.161. The largest absolute Gasteiger partial charge is 0.472 e. The van der Waals surface area contributed by atoms with Crippen LogP contribution in [0.5, 0.6) is 0 Å². The lowest BCUT2D eigenvalue weighted by Crippen LogP contribution is -2.30. The van der Waals surface area contributed by atoms with E-state index in [-0.39, 0.29) is 19.3 Å². The van der Waals surface area contributed by atoms with Gasteiger partial charge in [0.25, 0.3) is 0 Å². The molecule has 624 valence electrons. The second-order valence-corrected chi connectivity index (χ2v) is 31.1. The second kappa shape index (κ2) is 82.6. The van der Waals surface area contributed by atoms with Gasteiger partial charge in [0.2, 0.25) is 0 Å². The number of aliphatic hydroxyl groups is 2. The van der Waals surface area contributed by atoms with E-state index in [0.29, 0.717) is 19.3 Å². The van der Waals surface area contributed by atoms with Gasteiger partial charge in [-0.3, -0.25) is 32.5 Å². The summed E-state index contributed by atoms with van der Waals surface area (Å²) in [7, 11) is -9.81. The Morgan fingerprint density at radius 2 is 0.486 bits per heavy atom. The highest BCUT2D eigenvalue weighted by molar-refractivity contribution is 7.47. The Balaban J connectivity index is 4.55. The summed E-state index contributed by atoms with van der Waals surface area (Å²) in [6, 6.07) is 0. The molecule has 5 atom stereocenters. The van der Waals surface area contributed by atoms with E-state index in [4.69, 9.17) is 32.3 Å². The molecule has 0 radical (unpaired) electrons. The van der Waals surface area contributed by atoms with Crippen molar-refractivity contribution in [3.05, 3.63) is 158 Å². The summed E-state index contributed by atoms with van der Waals surface area (Å²) in [6.45, 7) is 2.41. The fourth-order valence-electron chi connectivity index (χ4n) is 11.3. The summed E-state index contributed by atoms with van der Waals surface area (Å²) in [5, 5.41) is 20.7. The normalized spacial score (nSPS) is 14.7. The molecule has 0 heterocycles. The zero-order valence-electron chi connectivity index (χ0n) is 68.4. The molecule has 0 spiro atoms. The van der Waals surface area contributed by atoms with E-state index in [9.17, 15) is 43.5 Å². The summed E-state index contributed by atoms with van der Waals surface area (Å²) in [5.74, 6) is -1.61. The number of phosphoric ester groups is 2. The Bertz CT molecular complexity index is 2610. The molecule has 16 nitrogen and oxygen atoms in total. The Morgan fingerprint density at radius 1 is 0.266 bits per heavy atom. The van der Waals surface area contributed by atoms with E-state index in [1.54, 1.807) is 0 Å². The van der Waals surface area contributed by atoms with Crippen LogP contribution in [0.2, 0.25) is 0 Å². The van der Waals surface area contributed by atoms with Crippen molar-refractivity contribution in [3.8, 4) is 0 Å². The fraction of sp³-hybridized carbons (Fsp3) is 0.681. The van der Waals surface area contributed by atoms with Crippen LogP contribution >= 0.6 is 15.6 Å². The van der Waals surface area contributed by atoms with E-state index in [1.165, 1.54) is 128 Å². The van der Waals surface area contributed by atoms with Crippen LogP contribution in [0.1, 0.15) is 342 Å². The van der Waals surface area contributed by atoms with Crippen LogP contribution in [0.15, 0.2) is 158 Å². The van der Waals surface area contributed by atoms with Crippen molar-refractivity contribution in [2.45, 2.75) is 360 Å². The number of esters is 3. The minimum absolute atomic E-state index is 0.0714. The Labute approximate surface area is 663 Å². The molecule has 5 unspecified atom stereocenters. The molecule has 0 aliphatic heterocycles. The number of unbranched alkanes of at least 4 members (excludes halogenated alkanes) is 31. The summed E-state index contributed by atoms with van der Waals surface area (Å²) >= 11 is 0. The number of carbonyl (C=O) groups is 3. The van der Waals surface area contributed by atoms with Crippen LogP contribution in [-0.2, 0) is 55.8 Å². The summed E-state index contributed by atoms with van der Waals surface area (Å²) in [5.41, 5.74) is 0. The Hall–Kier alpha value is -4.83. The van der Waals surface area contributed by atoms with Crippen molar-refractivity contribution in [3.63, 3.8) is 0 Å². The average Bonchev–Trinajstić information content (AvgIpc) is 0.902. The van der Waals surface area contributed by atoms with Gasteiger partial charge in [0.1, 0.15) is 25.4 Å². The number of phosphoric acid groups is 2. The van der Waals surface area contributed by atoms with Crippen molar-refractivity contribution < 1.29 is 75.8 Å². The van der Waals surface area contributed by atoms with Crippen LogP contribution in [-0.4, -0.2) is 95.9 Å². The molecule has 0 aromatic rings. The maximum absolute atomic E-state index is 13.0. The molecule has 0 bridgehead atoms. The smallest absolute Gasteiger partial charge is 0.463 e. The Morgan fingerprint density at radius 3 is 0.771 bits per heavy atom. The van der Waals surface area contributed by atoms with Crippen LogP contribution in [0, 0.1) is 0 Å². The van der Waals surface area contributed by atoms with Crippen LogP contribution in [0.3, 0.4) is 0 Å². The molecule has 0 saturated heterocycles. The van der Waals surface area contributed by atoms with Crippen LogP contribution < -0.4 is 0 Å². The lowest BCUT2D eigenvalue weighted by Gasteiger charge is -2.21. The third kappa shape index (κ3) is 83.9. The standard InChI is InChI=1S/C91H154O16P2/c1-4-7-10-13-16-19-22-25-28-31-33-35-37-39-40-41-42-43-44-46-48-49-51-54-56-59-62-65-68-71-74-77-89(94)101-80-86(92)81-103-108(97,98)104-82-87(93)83-105-109(99,100)106-85-88(107-91(96)79-76-73-70-67-64-61-58-53-30-27-24-21-18-15-12-9-6-3)84-102-90(95)78-75-72-69-66-63-60-57-55-52-50-47-45-38-36-34-32-29-26-23-20-17-14-11-8-5-2/h7,9-10,12,16-21,25-30,33-36,39-40,45,47,58,61,86-88,92-93H,4-6,8,11,13-15,22-24,31-32,37-38,41-44,46,48-57,59-60,62-85H2,1-3H3,(H,97,98)(H,99,100)/b10-7-,12-9-,19-16-,20-17-,21-18-,28-25-,29-26-,30-27-,35-33-,36-34-,40-39-,47-45-,61-58-. The third-order valence-electron chi connectivity index (χ3n) is 17.7. The number of allylic oxidation sites excluding steroid dienone is 26. The molecule has 0 aliphatic carbocycles. The number of rotatable bonds is 80. The summed E-state index contributed by atoms with van der Waals surface area (Å²) in [4.78, 5) is 58.8. The molecular formula is C91H154O16P2. The highest BCUT2D eigenvalue weighted by Crippen LogP contribution is 2.45. The number of carbonyl (C=O) groups excluding carboxylic acids is 3. The van der Waals surface area contributed by atoms with E-state index < -0.39 is 91.5 Å². The number of hydrogen-bond donors (Lipinski definition) is 4. The molecule has 0 aliphatic rings. The van der Waals surface area contributed by atoms with Crippen molar-refractivity contribution in [1.29, 1.82) is 0 Å². The fourth-order valence-corrected chi connectivity index (χ4v) is 12.9. The first-order valence-electron chi connectivity index (χ1n) is 42.8. The predicted octanol–water partition coefficient (Wildman–Crippen LogP) is 25.8. The maximum atomic E-state index is 13.0. The van der Waals surface area contributed by atoms with Gasteiger partial charge in [-0.15, -0.1) is 0 Å². The van der Waals surface area contributed by atoms with Crippen LogP contribution in [0.4, 0.5) is 0 Å². The lowest BCUT2D eigenvalue weighted by atomic mass is 10.0. The molecule has 0 aromatic carbocycles. The SMILES string of the molecule is CC/C=C\C/C=C\C/C=C\C/C=C\C/C=C\CCCCCCCCCCCCCCCCCC(=O)OCC(O)COP(=O)(O)OCC(O)COP(=O)(O)OCC(COC(=O)CCCCCCCCCCC/C=C\C/C=C\C/C=C\C/C=C\CCCCC)OC(=O)CCCCCC/C=C\C/C=C\C/C=C\C/C=C\CC. The molecule has 0 amide bonds. The van der Waals surface area contributed by atoms with Crippen molar-refractivity contribution in [2.24, 2.45) is 0 Å². The first-order valence-corrected chi connectivity index (χ1v) is 45.8. The van der Waals surface area contributed by atoms with Gasteiger partial charge in [-0.2, -0.15) is 0 Å². The first-order chi connectivity index (χ1) is 53.2. The first kappa shape index (κ1) is 104. The van der Waals surface area contributed by atoms with Gasteiger partial charge in [-0.25, -0.2) is 9.13 Å². The van der Waals surface area contributed by atoms with Crippen molar-refractivity contribution in [2.75, 3.05) is 39.6 Å². The van der Waals surface area contributed by atoms with Crippen molar-refractivity contribution >= 4 is 33.6 Å². The van der Waals surface area contributed by atoms with E-state index in [1.807, 2.05) is 0 Å².